The Labute approximate surface area is 142 Å². The van der Waals surface area contributed by atoms with Gasteiger partial charge in [-0.15, -0.1) is 0 Å². The van der Waals surface area contributed by atoms with E-state index in [9.17, 15) is 4.79 Å². The summed E-state index contributed by atoms with van der Waals surface area (Å²) in [6, 6.07) is 1.05. The van der Waals surface area contributed by atoms with Gasteiger partial charge in [-0.1, -0.05) is 60.7 Å². The van der Waals surface area contributed by atoms with E-state index in [-0.39, 0.29) is 11.2 Å². The minimum Gasteiger partial charge on any atom is -0.359 e. The van der Waals surface area contributed by atoms with E-state index in [0.29, 0.717) is 17.7 Å². The second-order valence-electron chi connectivity index (χ2n) is 5.09. The average Bonchev–Trinajstić information content (AvgIpc) is 2.82. The van der Waals surface area contributed by atoms with Crippen molar-refractivity contribution in [2.75, 3.05) is 18.5 Å². The smallest absolute Gasteiger partial charge is 0.359 e. The Morgan fingerprint density at radius 3 is 2.33 bits per heavy atom. The Morgan fingerprint density at radius 2 is 1.95 bits per heavy atom. The molecule has 0 aromatic carbocycles. The number of rotatable bonds is 3. The Hall–Kier alpha value is -0.340. The van der Waals surface area contributed by atoms with Crippen LogP contribution in [0.3, 0.4) is 0 Å². The number of urea groups is 1. The van der Waals surface area contributed by atoms with Gasteiger partial charge in [-0.25, -0.2) is 14.2 Å². The summed E-state index contributed by atoms with van der Waals surface area (Å²) in [7, 11) is 2.78. The van der Waals surface area contributed by atoms with Gasteiger partial charge >= 0.3 is 6.03 Å². The lowest BCUT2D eigenvalue weighted by Crippen LogP contribution is -2.38. The number of halogens is 3. The number of hydrogen-bond donors (Lipinski definition) is 0. The summed E-state index contributed by atoms with van der Waals surface area (Å²) in [5, 5.41) is 4.84. The van der Waals surface area contributed by atoms with Crippen LogP contribution in [-0.2, 0) is 10.3 Å². The summed E-state index contributed by atoms with van der Waals surface area (Å²) in [4.78, 5) is 17.1. The SMILES string of the molecule is CON(C)C(=O)N(SC(Cl)(Cl)Cl)c1cc(C(C)(C)C)on1. The van der Waals surface area contributed by atoms with Crippen LogP contribution in [-0.4, -0.2) is 33.5 Å². The predicted molar refractivity (Wildman–Crippen MR) is 85.7 cm³/mol. The summed E-state index contributed by atoms with van der Waals surface area (Å²) >= 11 is 17.9. The third kappa shape index (κ3) is 5.41. The van der Waals surface area contributed by atoms with Gasteiger partial charge < -0.3 is 4.52 Å². The lowest BCUT2D eigenvalue weighted by atomic mass is 9.93. The van der Waals surface area contributed by atoms with E-state index in [1.807, 2.05) is 20.8 Å². The number of aromatic nitrogens is 1. The molecule has 0 fully saturated rings. The maximum atomic E-state index is 12.3. The molecule has 0 radical (unpaired) electrons. The van der Waals surface area contributed by atoms with E-state index < -0.39 is 9.16 Å². The molecule has 10 heteroatoms. The molecular formula is C11H16Cl3N3O3S. The first kappa shape index (κ1) is 18.7. The molecule has 0 aliphatic heterocycles. The van der Waals surface area contributed by atoms with E-state index in [1.54, 1.807) is 6.07 Å². The topological polar surface area (TPSA) is 58.8 Å². The molecule has 21 heavy (non-hydrogen) atoms. The zero-order valence-electron chi connectivity index (χ0n) is 12.2. The maximum Gasteiger partial charge on any atom is 0.359 e. The molecule has 1 heterocycles. The number of carbonyl (C=O) groups excluding carboxylic acids is 1. The van der Waals surface area contributed by atoms with Crippen molar-refractivity contribution in [3.05, 3.63) is 11.8 Å². The van der Waals surface area contributed by atoms with E-state index in [2.05, 4.69) is 5.16 Å². The Balaban J connectivity index is 3.12. The minimum absolute atomic E-state index is 0.213. The first-order chi connectivity index (χ1) is 9.45. The lowest BCUT2D eigenvalue weighted by Gasteiger charge is -2.25. The van der Waals surface area contributed by atoms with Gasteiger partial charge in [0, 0.05) is 30.5 Å². The molecule has 1 aromatic heterocycles. The molecule has 6 nitrogen and oxygen atoms in total. The molecular weight excluding hydrogens is 361 g/mol. The molecule has 0 bridgehead atoms. The molecule has 0 atom stereocenters. The van der Waals surface area contributed by atoms with Gasteiger partial charge in [0.05, 0.1) is 7.11 Å². The molecule has 2 amide bonds. The number of alkyl halides is 3. The van der Waals surface area contributed by atoms with Gasteiger partial charge in [0.15, 0.2) is 5.82 Å². The minimum atomic E-state index is -1.74. The quantitative estimate of drug-likeness (QED) is 0.445. The second-order valence-corrected chi connectivity index (χ2v) is 9.21. The van der Waals surface area contributed by atoms with Crippen molar-refractivity contribution >= 4 is 58.6 Å². The molecule has 0 saturated heterocycles. The molecule has 0 spiro atoms. The molecule has 0 saturated carbocycles. The van der Waals surface area contributed by atoms with E-state index in [0.717, 1.165) is 9.37 Å². The Bertz CT molecular complexity index is 499. The first-order valence-electron chi connectivity index (χ1n) is 5.80. The number of hydrogen-bond acceptors (Lipinski definition) is 5. The van der Waals surface area contributed by atoms with Crippen LogP contribution < -0.4 is 4.31 Å². The maximum absolute atomic E-state index is 12.3. The van der Waals surface area contributed by atoms with Crippen LogP contribution in [0.25, 0.3) is 0 Å². The molecule has 120 valence electrons. The third-order valence-corrected chi connectivity index (χ3v) is 3.71. The number of hydroxylamine groups is 2. The highest BCUT2D eigenvalue weighted by Gasteiger charge is 2.34. The van der Waals surface area contributed by atoms with Crippen LogP contribution in [0.1, 0.15) is 26.5 Å². The predicted octanol–water partition coefficient (Wildman–Crippen LogP) is 4.37. The molecule has 0 N–H and O–H groups in total. The molecule has 0 aliphatic carbocycles. The molecule has 0 aliphatic rings. The van der Waals surface area contributed by atoms with Crippen molar-refractivity contribution in [2.24, 2.45) is 0 Å². The van der Waals surface area contributed by atoms with Crippen LogP contribution in [0.15, 0.2) is 10.6 Å². The summed E-state index contributed by atoms with van der Waals surface area (Å²) in [5.41, 5.74) is -0.266. The van der Waals surface area contributed by atoms with Crippen LogP contribution in [0.2, 0.25) is 0 Å². The normalized spacial score (nSPS) is 12.4. The Morgan fingerprint density at radius 1 is 1.38 bits per heavy atom. The van der Waals surface area contributed by atoms with Crippen molar-refractivity contribution in [1.29, 1.82) is 0 Å². The summed E-state index contributed by atoms with van der Waals surface area (Å²) in [6.45, 7) is 5.85. The fraction of sp³-hybridized carbons (Fsp3) is 0.636. The van der Waals surface area contributed by atoms with Crippen molar-refractivity contribution < 1.29 is 14.2 Å². The molecule has 1 aromatic rings. The fourth-order valence-electron chi connectivity index (χ4n) is 1.21. The highest BCUT2D eigenvalue weighted by Crippen LogP contribution is 2.43. The summed E-state index contributed by atoms with van der Waals surface area (Å²) in [5.74, 6) is 0.811. The standard InChI is InChI=1S/C11H16Cl3N3O3S/c1-10(2,3)7-6-8(15-20-7)17(21-11(12,13)14)9(18)16(4)19-5/h6H,1-5H3. The van der Waals surface area contributed by atoms with Crippen LogP contribution in [0.4, 0.5) is 10.6 Å². The van der Waals surface area contributed by atoms with Crippen molar-refractivity contribution in [3.8, 4) is 0 Å². The van der Waals surface area contributed by atoms with Gasteiger partial charge in [0.1, 0.15) is 5.76 Å². The number of amides is 2. The summed E-state index contributed by atoms with van der Waals surface area (Å²) in [6.07, 6.45) is 0. The van der Waals surface area contributed by atoms with Crippen molar-refractivity contribution in [1.82, 2.24) is 10.2 Å². The van der Waals surface area contributed by atoms with Crippen LogP contribution >= 0.6 is 46.8 Å². The average molecular weight is 377 g/mol. The highest BCUT2D eigenvalue weighted by atomic mass is 35.6. The first-order valence-corrected chi connectivity index (χ1v) is 7.71. The van der Waals surface area contributed by atoms with Gasteiger partial charge in [0.25, 0.3) is 3.12 Å². The third-order valence-electron chi connectivity index (χ3n) is 2.36. The monoisotopic (exact) mass is 375 g/mol. The lowest BCUT2D eigenvalue weighted by molar-refractivity contribution is -0.0609. The van der Waals surface area contributed by atoms with Crippen LogP contribution in [0.5, 0.6) is 0 Å². The van der Waals surface area contributed by atoms with Crippen molar-refractivity contribution in [2.45, 2.75) is 29.3 Å². The van der Waals surface area contributed by atoms with Gasteiger partial charge in [0.2, 0.25) is 0 Å². The second kappa shape index (κ2) is 6.83. The Kier molecular flexibility index (Phi) is 6.08. The van der Waals surface area contributed by atoms with E-state index in [1.165, 1.54) is 14.2 Å². The zero-order valence-corrected chi connectivity index (χ0v) is 15.3. The van der Waals surface area contributed by atoms with Gasteiger partial charge in [-0.3, -0.25) is 4.84 Å². The number of nitrogens with zero attached hydrogens (tertiary/aromatic N) is 3. The fourth-order valence-corrected chi connectivity index (χ4v) is 2.41. The van der Waals surface area contributed by atoms with Gasteiger partial charge in [-0.05, 0) is 0 Å². The number of anilines is 1. The summed E-state index contributed by atoms with van der Waals surface area (Å²) < 4.78 is 4.59. The van der Waals surface area contributed by atoms with Crippen molar-refractivity contribution in [3.63, 3.8) is 0 Å². The molecule has 0 unspecified atom stereocenters. The molecule has 1 rings (SSSR count). The largest absolute Gasteiger partial charge is 0.359 e. The van der Waals surface area contributed by atoms with Gasteiger partial charge in [-0.2, -0.15) is 0 Å². The zero-order chi connectivity index (χ0) is 16.4. The van der Waals surface area contributed by atoms with E-state index >= 15 is 0 Å². The number of carbonyl (C=O) groups is 1. The van der Waals surface area contributed by atoms with E-state index in [4.69, 9.17) is 44.2 Å². The highest BCUT2D eigenvalue weighted by molar-refractivity contribution is 8.06. The van der Waals surface area contributed by atoms with Crippen LogP contribution in [0, 0.1) is 0 Å².